The highest BCUT2D eigenvalue weighted by Gasteiger charge is 2.11. The first-order chi connectivity index (χ1) is 10.1. The van der Waals surface area contributed by atoms with E-state index in [0.29, 0.717) is 12.1 Å². The Bertz CT molecular complexity index is 608. The van der Waals surface area contributed by atoms with E-state index in [4.69, 9.17) is 0 Å². The van der Waals surface area contributed by atoms with Gasteiger partial charge in [0.1, 0.15) is 5.82 Å². The summed E-state index contributed by atoms with van der Waals surface area (Å²) in [5.41, 5.74) is 2.27. The number of benzene rings is 2. The van der Waals surface area contributed by atoms with Crippen LogP contribution in [0.25, 0.3) is 0 Å². The number of hydrogen-bond donors (Lipinski definition) is 2. The molecule has 0 saturated heterocycles. The number of carbonyl (C=O) groups excluding carboxylic acids is 1. The first-order valence-corrected chi connectivity index (χ1v) is 6.94. The van der Waals surface area contributed by atoms with Gasteiger partial charge < -0.3 is 10.6 Å². The third kappa shape index (κ3) is 4.31. The van der Waals surface area contributed by atoms with Crippen molar-refractivity contribution in [3.05, 3.63) is 65.5 Å². The van der Waals surface area contributed by atoms with E-state index in [9.17, 15) is 9.18 Å². The maximum absolute atomic E-state index is 12.8. The van der Waals surface area contributed by atoms with E-state index in [1.165, 1.54) is 12.1 Å². The predicted molar refractivity (Wildman–Crippen MR) is 82.8 cm³/mol. The Morgan fingerprint density at radius 2 is 1.76 bits per heavy atom. The predicted octanol–water partition coefficient (Wildman–Crippen LogP) is 3.58. The van der Waals surface area contributed by atoms with Crippen LogP contribution in [0.1, 0.15) is 29.8 Å². The van der Waals surface area contributed by atoms with Gasteiger partial charge in [0.25, 0.3) is 5.91 Å². The molecule has 0 saturated carbocycles. The van der Waals surface area contributed by atoms with Crippen LogP contribution in [0.5, 0.6) is 0 Å². The number of rotatable bonds is 5. The van der Waals surface area contributed by atoms with Crippen LogP contribution in [0.2, 0.25) is 0 Å². The normalized spacial score (nSPS) is 10.5. The van der Waals surface area contributed by atoms with Crippen molar-refractivity contribution in [2.45, 2.75) is 26.4 Å². The Hall–Kier alpha value is -2.36. The average Bonchev–Trinajstić information content (AvgIpc) is 2.46. The summed E-state index contributed by atoms with van der Waals surface area (Å²) in [6.07, 6.45) is 0. The molecule has 0 aromatic heterocycles. The summed E-state index contributed by atoms with van der Waals surface area (Å²) < 4.78 is 12.8. The van der Waals surface area contributed by atoms with Crippen LogP contribution >= 0.6 is 0 Å². The van der Waals surface area contributed by atoms with Crippen LogP contribution in [0, 0.1) is 5.82 Å². The van der Waals surface area contributed by atoms with E-state index in [1.54, 1.807) is 18.2 Å². The number of para-hydroxylation sites is 1. The third-order valence-electron chi connectivity index (χ3n) is 2.98. The summed E-state index contributed by atoms with van der Waals surface area (Å²) in [4.78, 5) is 12.3. The zero-order valence-corrected chi connectivity index (χ0v) is 12.2. The van der Waals surface area contributed by atoms with Crippen LogP contribution in [0.3, 0.4) is 0 Å². The Morgan fingerprint density at radius 3 is 2.43 bits per heavy atom. The van der Waals surface area contributed by atoms with Gasteiger partial charge in [-0.25, -0.2) is 4.39 Å². The van der Waals surface area contributed by atoms with E-state index in [2.05, 4.69) is 10.6 Å². The van der Waals surface area contributed by atoms with E-state index in [1.807, 2.05) is 32.0 Å². The molecule has 0 fully saturated rings. The molecule has 0 bridgehead atoms. The average molecular weight is 286 g/mol. The van der Waals surface area contributed by atoms with Crippen molar-refractivity contribution in [3.8, 4) is 0 Å². The lowest BCUT2D eigenvalue weighted by molar-refractivity contribution is 0.0951. The lowest BCUT2D eigenvalue weighted by Crippen LogP contribution is -2.24. The molecule has 110 valence electrons. The van der Waals surface area contributed by atoms with Gasteiger partial charge in [-0.3, -0.25) is 4.79 Å². The first-order valence-electron chi connectivity index (χ1n) is 6.94. The molecular weight excluding hydrogens is 267 g/mol. The Kier molecular flexibility index (Phi) is 4.93. The maximum atomic E-state index is 12.8. The van der Waals surface area contributed by atoms with Gasteiger partial charge in [-0.15, -0.1) is 0 Å². The second kappa shape index (κ2) is 6.88. The van der Waals surface area contributed by atoms with Gasteiger partial charge >= 0.3 is 0 Å². The molecule has 0 spiro atoms. The molecule has 0 unspecified atom stereocenters. The molecule has 0 aliphatic heterocycles. The maximum Gasteiger partial charge on any atom is 0.253 e. The molecule has 0 radical (unpaired) electrons. The summed E-state index contributed by atoms with van der Waals surface area (Å²) in [5, 5.41) is 6.10. The fourth-order valence-corrected chi connectivity index (χ4v) is 2.00. The van der Waals surface area contributed by atoms with E-state index < -0.39 is 0 Å². The molecule has 4 heteroatoms. The van der Waals surface area contributed by atoms with Gasteiger partial charge in [0.15, 0.2) is 0 Å². The smallest absolute Gasteiger partial charge is 0.253 e. The van der Waals surface area contributed by atoms with Crippen molar-refractivity contribution >= 4 is 11.6 Å². The minimum Gasteiger partial charge on any atom is -0.382 e. The number of halogens is 1. The molecule has 1 amide bonds. The molecule has 21 heavy (non-hydrogen) atoms. The highest BCUT2D eigenvalue weighted by atomic mass is 19.1. The van der Waals surface area contributed by atoms with Crippen LogP contribution in [0.4, 0.5) is 10.1 Å². The topological polar surface area (TPSA) is 41.1 Å². The Balaban J connectivity index is 2.05. The summed E-state index contributed by atoms with van der Waals surface area (Å²) in [5.74, 6) is -0.431. The highest BCUT2D eigenvalue weighted by Crippen LogP contribution is 2.16. The van der Waals surface area contributed by atoms with Gasteiger partial charge in [0, 0.05) is 18.3 Å². The summed E-state index contributed by atoms with van der Waals surface area (Å²) >= 11 is 0. The minimum absolute atomic E-state index is 0.150. The zero-order chi connectivity index (χ0) is 15.2. The Morgan fingerprint density at radius 1 is 1.10 bits per heavy atom. The van der Waals surface area contributed by atoms with Crippen molar-refractivity contribution in [1.29, 1.82) is 0 Å². The molecule has 2 aromatic rings. The van der Waals surface area contributed by atoms with Gasteiger partial charge in [0.2, 0.25) is 0 Å². The molecule has 0 aliphatic carbocycles. The third-order valence-corrected chi connectivity index (χ3v) is 2.98. The van der Waals surface area contributed by atoms with Crippen LogP contribution < -0.4 is 10.6 Å². The van der Waals surface area contributed by atoms with Crippen LogP contribution in [-0.2, 0) is 6.54 Å². The molecule has 2 rings (SSSR count). The van der Waals surface area contributed by atoms with Gasteiger partial charge in [-0.1, -0.05) is 24.3 Å². The second-order valence-electron chi connectivity index (χ2n) is 5.15. The number of hydrogen-bond acceptors (Lipinski definition) is 2. The summed E-state index contributed by atoms with van der Waals surface area (Å²) in [6, 6.07) is 13.7. The quantitative estimate of drug-likeness (QED) is 0.882. The van der Waals surface area contributed by atoms with Crippen molar-refractivity contribution in [1.82, 2.24) is 5.32 Å². The fourth-order valence-electron chi connectivity index (χ4n) is 2.00. The fraction of sp³-hybridized carbons (Fsp3) is 0.235. The van der Waals surface area contributed by atoms with Crippen molar-refractivity contribution < 1.29 is 9.18 Å². The highest BCUT2D eigenvalue weighted by molar-refractivity contribution is 5.99. The van der Waals surface area contributed by atoms with Crippen molar-refractivity contribution in [2.24, 2.45) is 0 Å². The lowest BCUT2D eigenvalue weighted by atomic mass is 10.1. The van der Waals surface area contributed by atoms with Crippen molar-refractivity contribution in [2.75, 3.05) is 5.32 Å². The number of anilines is 1. The monoisotopic (exact) mass is 286 g/mol. The molecule has 0 aliphatic rings. The molecule has 3 nitrogen and oxygen atoms in total. The van der Waals surface area contributed by atoms with Crippen LogP contribution in [0.15, 0.2) is 48.5 Å². The number of nitrogens with one attached hydrogen (secondary N) is 2. The van der Waals surface area contributed by atoms with E-state index in [0.717, 1.165) is 11.3 Å². The van der Waals surface area contributed by atoms with E-state index >= 15 is 0 Å². The molecular formula is C17H19FN2O. The molecule has 2 N–H and O–H groups in total. The first kappa shape index (κ1) is 15.0. The molecule has 2 aromatic carbocycles. The number of carbonyl (C=O) groups is 1. The molecule has 0 heterocycles. The van der Waals surface area contributed by atoms with Crippen LogP contribution in [-0.4, -0.2) is 11.9 Å². The molecule has 0 atom stereocenters. The second-order valence-corrected chi connectivity index (χ2v) is 5.15. The SMILES string of the molecule is CC(C)Nc1ccccc1C(=O)NCc1ccc(F)cc1. The van der Waals surface area contributed by atoms with E-state index in [-0.39, 0.29) is 17.8 Å². The summed E-state index contributed by atoms with van der Waals surface area (Å²) in [7, 11) is 0. The van der Waals surface area contributed by atoms with Gasteiger partial charge in [0.05, 0.1) is 5.56 Å². The number of amides is 1. The minimum atomic E-state index is -0.281. The summed E-state index contributed by atoms with van der Waals surface area (Å²) in [6.45, 7) is 4.41. The van der Waals surface area contributed by atoms with Crippen molar-refractivity contribution in [3.63, 3.8) is 0 Å². The standard InChI is InChI=1S/C17H19FN2O/c1-12(2)20-16-6-4-3-5-15(16)17(21)19-11-13-7-9-14(18)10-8-13/h3-10,12,20H,11H2,1-2H3,(H,19,21). The van der Waals surface area contributed by atoms with Gasteiger partial charge in [-0.05, 0) is 43.7 Å². The zero-order valence-electron chi connectivity index (χ0n) is 12.2. The Labute approximate surface area is 124 Å². The lowest BCUT2D eigenvalue weighted by Gasteiger charge is -2.14. The largest absolute Gasteiger partial charge is 0.382 e. The van der Waals surface area contributed by atoms with Gasteiger partial charge in [-0.2, -0.15) is 0 Å².